The van der Waals surface area contributed by atoms with Crippen LogP contribution >= 0.6 is 0 Å². The summed E-state index contributed by atoms with van der Waals surface area (Å²) in [6, 6.07) is -30.0. The van der Waals surface area contributed by atoms with Gasteiger partial charge < -0.3 is 4.42 Å². The molecule has 1 heteroatoms. The second-order valence-corrected chi connectivity index (χ2v) is 10.5. The van der Waals surface area contributed by atoms with Crippen LogP contribution in [-0.4, -0.2) is 0 Å². The molecule has 0 aliphatic rings. The summed E-state index contributed by atoms with van der Waals surface area (Å²) in [6.45, 7) is 0. The van der Waals surface area contributed by atoms with Gasteiger partial charge in [-0.15, -0.1) is 0 Å². The van der Waals surface area contributed by atoms with E-state index in [-0.39, 0.29) is 0 Å². The fourth-order valence-electron chi connectivity index (χ4n) is 6.07. The Bertz CT molecular complexity index is 4460. The minimum atomic E-state index is -1.17. The molecule has 0 aliphatic carbocycles. The Labute approximate surface area is 326 Å². The summed E-state index contributed by atoms with van der Waals surface area (Å²) in [5.41, 5.74) is -7.76. The Morgan fingerprint density at radius 1 is 0.286 bits per heavy atom. The number of furan rings is 1. The second-order valence-electron chi connectivity index (χ2n) is 10.5. The van der Waals surface area contributed by atoms with Crippen LogP contribution < -0.4 is 0 Å². The van der Waals surface area contributed by atoms with E-state index in [0.717, 1.165) is 0 Å². The molecular weight excluding hydrogens is 593 g/mol. The molecule has 0 atom stereocenters. The summed E-state index contributed by atoms with van der Waals surface area (Å²) >= 11 is 0. The topological polar surface area (TPSA) is 13.1 Å². The van der Waals surface area contributed by atoms with Gasteiger partial charge in [0.25, 0.3) is 0 Å². The maximum Gasteiger partial charge on any atom is 0.136 e. The van der Waals surface area contributed by atoms with Crippen LogP contribution in [0, 0.1) is 0 Å². The summed E-state index contributed by atoms with van der Waals surface area (Å²) in [7, 11) is 0. The minimum absolute atomic E-state index is 0.604. The Morgan fingerprint density at radius 2 is 0.714 bits per heavy atom. The third-order valence-electron chi connectivity index (χ3n) is 8.01. The molecule has 0 spiro atoms. The molecule has 0 fully saturated rings. The molecule has 1 nitrogen and oxygen atoms in total. The Morgan fingerprint density at radius 3 is 1.31 bits per heavy atom. The smallest absolute Gasteiger partial charge is 0.136 e. The molecule has 228 valence electrons. The highest BCUT2D eigenvalue weighted by atomic mass is 16.3. The molecule has 0 unspecified atom stereocenters. The van der Waals surface area contributed by atoms with Crippen LogP contribution in [0.15, 0.2) is 186 Å². The molecule has 0 aliphatic heterocycles. The molecule has 0 N–H and O–H groups in total. The molecule has 0 radical (unpaired) electrons. The van der Waals surface area contributed by atoms with E-state index in [0.29, 0.717) is 0 Å². The van der Waals surface area contributed by atoms with Crippen molar-refractivity contribution in [2.24, 2.45) is 0 Å². The molecule has 49 heavy (non-hydrogen) atoms. The molecule has 0 saturated heterocycles. The lowest BCUT2D eigenvalue weighted by Gasteiger charge is -2.19. The lowest BCUT2D eigenvalue weighted by atomic mass is 9.83. The van der Waals surface area contributed by atoms with Crippen LogP contribution in [0.1, 0.15) is 41.1 Å². The average molecular weight is 653 g/mol. The predicted molar refractivity (Wildman–Crippen MR) is 208 cm³/mol. The highest BCUT2D eigenvalue weighted by molar-refractivity contribution is 6.25. The average Bonchev–Trinajstić information content (AvgIpc) is 3.84. The normalized spacial score (nSPS) is 20.2. The lowest BCUT2D eigenvalue weighted by Crippen LogP contribution is -1.92. The number of fused-ring (bicyclic) bond motifs is 6. The van der Waals surface area contributed by atoms with Crippen LogP contribution in [-0.2, 0) is 0 Å². The van der Waals surface area contributed by atoms with Crippen LogP contribution in [0.25, 0.3) is 98.8 Å². The standard InChI is InChI=1S/C48H30O/c1-3-15-31(16-4-1)33-25-13-27-43-47(33)48-37(26-14-28-44(48)49-43)36-29-30-42(35-20-8-7-19-34(35)36)46-40-23-11-9-21-38(40)45(32-17-5-2-6-18-32)39-22-10-12-24-41(39)46/h1-30H/i1D,2D,3D,4D,5D,6D,7D,8D,9D,10D,11D,12D,13D,14D,15D,16D,17D,18D,19D,20D,21D,22D,23D,24D,25D,26D,27D,28D,29D,30D. The van der Waals surface area contributed by atoms with E-state index in [9.17, 15) is 12.3 Å². The Kier molecular flexibility index (Phi) is 2.50. The van der Waals surface area contributed by atoms with E-state index in [2.05, 4.69) is 0 Å². The van der Waals surface area contributed by atoms with Gasteiger partial charge in [0, 0.05) is 10.8 Å². The van der Waals surface area contributed by atoms with Crippen molar-refractivity contribution in [3.05, 3.63) is 181 Å². The summed E-state index contributed by atoms with van der Waals surface area (Å²) < 4.78 is 277. The first-order valence-electron chi connectivity index (χ1n) is 29.4. The van der Waals surface area contributed by atoms with E-state index in [1.807, 2.05) is 0 Å². The largest absolute Gasteiger partial charge is 0.456 e. The van der Waals surface area contributed by atoms with Crippen molar-refractivity contribution in [2.45, 2.75) is 0 Å². The van der Waals surface area contributed by atoms with Crippen molar-refractivity contribution >= 4 is 54.3 Å². The zero-order valence-corrected chi connectivity index (χ0v) is 24.4. The first-order valence-corrected chi connectivity index (χ1v) is 14.4. The zero-order valence-electron chi connectivity index (χ0n) is 54.4. The Hall–Kier alpha value is -6.44. The van der Waals surface area contributed by atoms with E-state index in [4.69, 9.17) is 33.2 Å². The summed E-state index contributed by atoms with van der Waals surface area (Å²) in [4.78, 5) is 0. The highest BCUT2D eigenvalue weighted by Crippen LogP contribution is 2.48. The first kappa shape index (κ1) is 11.1. The van der Waals surface area contributed by atoms with Gasteiger partial charge in [-0.2, -0.15) is 0 Å². The number of rotatable bonds is 4. The summed E-state index contributed by atoms with van der Waals surface area (Å²) in [5.74, 6) is 0. The zero-order chi connectivity index (χ0) is 58.4. The van der Waals surface area contributed by atoms with Gasteiger partial charge in [0.05, 0.1) is 41.1 Å². The maximum absolute atomic E-state index is 10.0. The van der Waals surface area contributed by atoms with Crippen molar-refractivity contribution < 1.29 is 45.5 Å². The molecule has 0 amide bonds. The van der Waals surface area contributed by atoms with Crippen LogP contribution in [0.4, 0.5) is 0 Å². The van der Waals surface area contributed by atoms with Crippen molar-refractivity contribution in [1.82, 2.24) is 0 Å². The van der Waals surface area contributed by atoms with Gasteiger partial charge in [0.15, 0.2) is 0 Å². The maximum atomic E-state index is 10.0. The fraction of sp³-hybridized carbons (Fsp3) is 0. The SMILES string of the molecule is [2H]c1c([2H])c([2H])c(-c2c3c([2H])c([2H])c([2H])c([2H])c3c(-c3c([2H])c([2H])c(-c4c([2H])c([2H])c([2H])c5oc6c([2H])c([2H])c([2H])c(-c7c([2H])c([2H])c([2H])c([2H])c7[2H])c6c45)c4c([2H])c([2H])c([2H])c([2H])c34)c3c([2H])c([2H])c([2H])c([2H])c23)c([2H])c1[2H]. The molecule has 0 saturated carbocycles. The van der Waals surface area contributed by atoms with E-state index < -0.39 is 280 Å². The first-order chi connectivity index (χ1) is 36.8. The van der Waals surface area contributed by atoms with Crippen molar-refractivity contribution in [3.8, 4) is 44.5 Å². The van der Waals surface area contributed by atoms with E-state index in [1.54, 1.807) is 0 Å². The quantitative estimate of drug-likeness (QED) is 0.172. The van der Waals surface area contributed by atoms with Gasteiger partial charge in [-0.1, -0.05) is 169 Å². The van der Waals surface area contributed by atoms with Crippen molar-refractivity contribution in [2.75, 3.05) is 0 Å². The van der Waals surface area contributed by atoms with Gasteiger partial charge in [-0.3, -0.25) is 0 Å². The predicted octanol–water partition coefficient (Wildman–Crippen LogP) is 13.7. The minimum Gasteiger partial charge on any atom is -0.456 e. The lowest BCUT2D eigenvalue weighted by molar-refractivity contribution is 0.669. The van der Waals surface area contributed by atoms with Gasteiger partial charge in [-0.05, 0) is 88.9 Å². The molecule has 9 aromatic carbocycles. The molecule has 1 aromatic heterocycles. The molecule has 10 aromatic rings. The molecule has 1 heterocycles. The number of benzene rings is 9. The monoisotopic (exact) mass is 652 g/mol. The van der Waals surface area contributed by atoms with Gasteiger partial charge in [-0.25, -0.2) is 0 Å². The summed E-state index contributed by atoms with van der Waals surface area (Å²) in [5, 5.41) is -6.04. The third kappa shape index (κ3) is 4.26. The third-order valence-corrected chi connectivity index (χ3v) is 8.01. The van der Waals surface area contributed by atoms with Crippen LogP contribution in [0.5, 0.6) is 0 Å². The van der Waals surface area contributed by atoms with Crippen LogP contribution in [0.2, 0.25) is 0 Å². The van der Waals surface area contributed by atoms with Gasteiger partial charge in [0.2, 0.25) is 0 Å². The Balaban J connectivity index is 1.55. The molecule has 10 rings (SSSR count). The van der Waals surface area contributed by atoms with Gasteiger partial charge in [0.1, 0.15) is 11.2 Å². The van der Waals surface area contributed by atoms with E-state index in [1.165, 1.54) is 0 Å². The second kappa shape index (κ2) is 11.1. The van der Waals surface area contributed by atoms with Crippen molar-refractivity contribution in [1.29, 1.82) is 0 Å². The summed E-state index contributed by atoms with van der Waals surface area (Å²) in [6.07, 6.45) is 0. The van der Waals surface area contributed by atoms with Gasteiger partial charge >= 0.3 is 0 Å². The van der Waals surface area contributed by atoms with Crippen LogP contribution in [0.3, 0.4) is 0 Å². The van der Waals surface area contributed by atoms with Crippen molar-refractivity contribution in [3.63, 3.8) is 0 Å². The fourth-order valence-corrected chi connectivity index (χ4v) is 6.07. The van der Waals surface area contributed by atoms with E-state index >= 15 is 0 Å². The number of hydrogen-bond donors (Lipinski definition) is 0. The molecular formula is C48H30O. The molecule has 0 bridgehead atoms. The highest BCUT2D eigenvalue weighted by Gasteiger charge is 2.21. The number of hydrogen-bond acceptors (Lipinski definition) is 1.